The van der Waals surface area contributed by atoms with Crippen molar-refractivity contribution in [2.45, 2.75) is 44.2 Å². The van der Waals surface area contributed by atoms with Gasteiger partial charge in [0.05, 0.1) is 17.5 Å². The molecule has 1 aliphatic carbocycles. The average molecular weight is 301 g/mol. The Morgan fingerprint density at radius 1 is 1.38 bits per heavy atom. The lowest BCUT2D eigenvalue weighted by Gasteiger charge is -2.24. The maximum Gasteiger partial charge on any atom is 0.264 e. The van der Waals surface area contributed by atoms with Crippen LogP contribution in [0, 0.1) is 0 Å². The summed E-state index contributed by atoms with van der Waals surface area (Å²) in [5, 5.41) is 6.34. The van der Waals surface area contributed by atoms with Crippen LogP contribution in [0.5, 0.6) is 0 Å². The van der Waals surface area contributed by atoms with Crippen LogP contribution < -0.4 is 0 Å². The van der Waals surface area contributed by atoms with E-state index in [1.807, 2.05) is 16.9 Å². The number of nitrogens with zero attached hydrogens (tertiary/aromatic N) is 3. The van der Waals surface area contributed by atoms with E-state index in [0.29, 0.717) is 5.92 Å². The maximum absolute atomic E-state index is 12.9. The zero-order valence-electron chi connectivity index (χ0n) is 11.9. The van der Waals surface area contributed by atoms with Crippen molar-refractivity contribution in [3.63, 3.8) is 0 Å². The number of rotatable bonds is 4. The lowest BCUT2D eigenvalue weighted by Crippen LogP contribution is -2.38. The molecule has 2 aromatic rings. The van der Waals surface area contributed by atoms with Crippen molar-refractivity contribution in [3.05, 3.63) is 40.3 Å². The van der Waals surface area contributed by atoms with E-state index in [4.69, 9.17) is 0 Å². The zero-order valence-corrected chi connectivity index (χ0v) is 12.8. The Bertz CT molecular complexity index is 630. The van der Waals surface area contributed by atoms with E-state index < -0.39 is 0 Å². The fraction of sp³-hybridized carbons (Fsp3) is 0.500. The average Bonchev–Trinajstić information content (AvgIpc) is 2.96. The summed E-state index contributed by atoms with van der Waals surface area (Å²) in [7, 11) is 0. The third-order valence-electron chi connectivity index (χ3n) is 4.50. The van der Waals surface area contributed by atoms with E-state index in [1.165, 1.54) is 18.4 Å². The highest BCUT2D eigenvalue weighted by Gasteiger charge is 2.34. The van der Waals surface area contributed by atoms with Gasteiger partial charge in [-0.3, -0.25) is 9.48 Å². The molecule has 0 radical (unpaired) electrons. The van der Waals surface area contributed by atoms with Gasteiger partial charge in [0.2, 0.25) is 0 Å². The van der Waals surface area contributed by atoms with E-state index in [0.717, 1.165) is 30.8 Å². The van der Waals surface area contributed by atoms with Crippen LogP contribution in [0.15, 0.2) is 29.9 Å². The van der Waals surface area contributed by atoms with E-state index >= 15 is 0 Å². The van der Waals surface area contributed by atoms with Gasteiger partial charge < -0.3 is 4.90 Å². The number of hydrogen-bond donors (Lipinski definition) is 0. The Hall–Kier alpha value is -1.62. The van der Waals surface area contributed by atoms with Crippen LogP contribution in [0.1, 0.15) is 46.8 Å². The van der Waals surface area contributed by atoms with Crippen molar-refractivity contribution in [2.24, 2.45) is 0 Å². The largest absolute Gasteiger partial charge is 0.333 e. The van der Waals surface area contributed by atoms with Crippen LogP contribution in [0.2, 0.25) is 0 Å². The first-order valence-corrected chi connectivity index (χ1v) is 8.56. The second kappa shape index (κ2) is 5.30. The van der Waals surface area contributed by atoms with Gasteiger partial charge in [-0.05, 0) is 54.7 Å². The molecule has 0 spiro atoms. The van der Waals surface area contributed by atoms with Crippen LogP contribution in [0.3, 0.4) is 0 Å². The van der Waals surface area contributed by atoms with Gasteiger partial charge in [-0.15, -0.1) is 11.3 Å². The minimum Gasteiger partial charge on any atom is -0.333 e. The Kier molecular flexibility index (Phi) is 3.30. The number of carbonyl (C=O) groups is 1. The van der Waals surface area contributed by atoms with Gasteiger partial charge >= 0.3 is 0 Å². The molecule has 2 aromatic heterocycles. The molecule has 1 saturated heterocycles. The van der Waals surface area contributed by atoms with Crippen LogP contribution in [-0.2, 0) is 6.54 Å². The molecule has 3 heterocycles. The molecule has 1 saturated carbocycles. The quantitative estimate of drug-likeness (QED) is 0.870. The molecular weight excluding hydrogens is 282 g/mol. The molecule has 5 heteroatoms. The molecule has 1 amide bonds. The Morgan fingerprint density at radius 2 is 2.29 bits per heavy atom. The molecule has 2 aliphatic rings. The van der Waals surface area contributed by atoms with Crippen LogP contribution in [0.25, 0.3) is 0 Å². The first-order valence-electron chi connectivity index (χ1n) is 7.68. The number of amides is 1. The normalized spacial score (nSPS) is 21.9. The van der Waals surface area contributed by atoms with Gasteiger partial charge in [0.25, 0.3) is 5.91 Å². The molecule has 110 valence electrons. The standard InChI is InChI=1S/C16H19N3OS/c20-16(15-14(6-10-21-15)12-4-5-12)19-9-1-3-13(19)11-18-8-2-7-17-18/h2,6-8,10,12-13H,1,3-5,9,11H2/t13-/m0/s1. The molecular formula is C16H19N3OS. The highest BCUT2D eigenvalue weighted by molar-refractivity contribution is 7.12. The Labute approximate surface area is 128 Å². The molecule has 0 N–H and O–H groups in total. The summed E-state index contributed by atoms with van der Waals surface area (Å²) in [4.78, 5) is 16.0. The number of hydrogen-bond acceptors (Lipinski definition) is 3. The minimum absolute atomic E-state index is 0.238. The highest BCUT2D eigenvalue weighted by atomic mass is 32.1. The third-order valence-corrected chi connectivity index (χ3v) is 5.42. The lowest BCUT2D eigenvalue weighted by atomic mass is 10.1. The van der Waals surface area contributed by atoms with Gasteiger partial charge in [0.15, 0.2) is 0 Å². The fourth-order valence-corrected chi connectivity index (χ4v) is 4.20. The van der Waals surface area contributed by atoms with Crippen molar-refractivity contribution >= 4 is 17.2 Å². The van der Waals surface area contributed by atoms with E-state index in [-0.39, 0.29) is 11.9 Å². The summed E-state index contributed by atoms with van der Waals surface area (Å²) in [6, 6.07) is 4.37. The number of likely N-dealkylation sites (tertiary alicyclic amines) is 1. The molecule has 4 rings (SSSR count). The van der Waals surface area contributed by atoms with Gasteiger partial charge in [0.1, 0.15) is 0 Å². The second-order valence-electron chi connectivity index (χ2n) is 6.00. The van der Waals surface area contributed by atoms with Crippen LogP contribution in [0.4, 0.5) is 0 Å². The smallest absolute Gasteiger partial charge is 0.264 e. The fourth-order valence-electron chi connectivity index (χ4n) is 3.26. The monoisotopic (exact) mass is 301 g/mol. The summed E-state index contributed by atoms with van der Waals surface area (Å²) in [6.45, 7) is 1.69. The molecule has 0 aromatic carbocycles. The minimum atomic E-state index is 0.238. The summed E-state index contributed by atoms with van der Waals surface area (Å²) in [6.07, 6.45) is 8.44. The summed E-state index contributed by atoms with van der Waals surface area (Å²) in [5.74, 6) is 0.879. The number of thiophene rings is 1. The van der Waals surface area contributed by atoms with Gasteiger partial charge in [-0.2, -0.15) is 5.10 Å². The van der Waals surface area contributed by atoms with Gasteiger partial charge in [-0.25, -0.2) is 0 Å². The summed E-state index contributed by atoms with van der Waals surface area (Å²) >= 11 is 1.61. The maximum atomic E-state index is 12.9. The van der Waals surface area contributed by atoms with E-state index in [1.54, 1.807) is 17.5 Å². The zero-order chi connectivity index (χ0) is 14.2. The SMILES string of the molecule is O=C(c1sccc1C1CC1)N1CCC[C@H]1Cn1cccn1. The topological polar surface area (TPSA) is 38.1 Å². The van der Waals surface area contributed by atoms with E-state index in [2.05, 4.69) is 21.4 Å². The molecule has 1 aliphatic heterocycles. The highest BCUT2D eigenvalue weighted by Crippen LogP contribution is 2.43. The Balaban J connectivity index is 1.53. The van der Waals surface area contributed by atoms with Crippen molar-refractivity contribution in [1.29, 1.82) is 0 Å². The number of carbonyl (C=O) groups excluding carboxylic acids is 1. The van der Waals surface area contributed by atoms with Gasteiger partial charge in [0, 0.05) is 18.9 Å². The Morgan fingerprint density at radius 3 is 3.05 bits per heavy atom. The first kappa shape index (κ1) is 13.1. The predicted molar refractivity (Wildman–Crippen MR) is 82.6 cm³/mol. The van der Waals surface area contributed by atoms with Crippen LogP contribution in [-0.4, -0.2) is 33.2 Å². The molecule has 0 bridgehead atoms. The van der Waals surface area contributed by atoms with Crippen molar-refractivity contribution in [1.82, 2.24) is 14.7 Å². The van der Waals surface area contributed by atoms with Crippen LogP contribution >= 0.6 is 11.3 Å². The molecule has 21 heavy (non-hydrogen) atoms. The second-order valence-corrected chi connectivity index (χ2v) is 6.92. The predicted octanol–water partition coefficient (Wildman–Crippen LogP) is 3.13. The van der Waals surface area contributed by atoms with Gasteiger partial charge in [-0.1, -0.05) is 0 Å². The molecule has 1 atom stereocenters. The first-order chi connectivity index (χ1) is 10.3. The summed E-state index contributed by atoms with van der Waals surface area (Å²) in [5.41, 5.74) is 1.29. The molecule has 0 unspecified atom stereocenters. The van der Waals surface area contributed by atoms with E-state index in [9.17, 15) is 4.79 Å². The van der Waals surface area contributed by atoms with Crippen molar-refractivity contribution in [2.75, 3.05) is 6.54 Å². The lowest BCUT2D eigenvalue weighted by molar-refractivity contribution is 0.0725. The number of aromatic nitrogens is 2. The third kappa shape index (κ3) is 2.50. The van der Waals surface area contributed by atoms with Crippen molar-refractivity contribution in [3.8, 4) is 0 Å². The van der Waals surface area contributed by atoms with Crippen molar-refractivity contribution < 1.29 is 4.79 Å². The molecule has 4 nitrogen and oxygen atoms in total. The molecule has 2 fully saturated rings. The summed E-state index contributed by atoms with van der Waals surface area (Å²) < 4.78 is 1.94.